The van der Waals surface area contributed by atoms with Crippen LogP contribution in [0.5, 0.6) is 11.5 Å². The second kappa shape index (κ2) is 11.2. The number of likely N-dealkylation sites (tertiary alicyclic amines) is 1. The maximum Gasteiger partial charge on any atom is 0.295 e. The van der Waals surface area contributed by atoms with Gasteiger partial charge >= 0.3 is 0 Å². The second-order valence-electron chi connectivity index (χ2n) is 9.03. The first-order valence-corrected chi connectivity index (χ1v) is 11.6. The topological polar surface area (TPSA) is 79.3 Å². The Bertz CT molecular complexity index is 1040. The van der Waals surface area contributed by atoms with Crippen molar-refractivity contribution in [2.75, 3.05) is 40.4 Å². The highest BCUT2D eigenvalue weighted by atomic mass is 16.5. The molecule has 3 rings (SSSR count). The molecule has 1 atom stereocenters. The van der Waals surface area contributed by atoms with Gasteiger partial charge in [-0.05, 0) is 56.8 Å². The van der Waals surface area contributed by atoms with Crippen molar-refractivity contribution < 1.29 is 24.2 Å². The number of ether oxygens (including phenoxy) is 2. The summed E-state index contributed by atoms with van der Waals surface area (Å²) in [4.78, 5) is 29.7. The molecule has 1 saturated heterocycles. The molecule has 0 aliphatic carbocycles. The van der Waals surface area contributed by atoms with E-state index in [4.69, 9.17) is 9.47 Å². The zero-order valence-corrected chi connectivity index (χ0v) is 20.6. The molecule has 1 heterocycles. The summed E-state index contributed by atoms with van der Waals surface area (Å²) < 4.78 is 11.3. The van der Waals surface area contributed by atoms with Gasteiger partial charge in [-0.3, -0.25) is 9.59 Å². The molecule has 2 aromatic rings. The molecular formula is C27H34N2O5. The number of nitrogens with zero attached hydrogens (tertiary/aromatic N) is 2. The lowest BCUT2D eigenvalue weighted by atomic mass is 9.95. The van der Waals surface area contributed by atoms with Crippen molar-refractivity contribution in [3.05, 3.63) is 65.2 Å². The summed E-state index contributed by atoms with van der Waals surface area (Å²) in [5, 5.41) is 11.3. The van der Waals surface area contributed by atoms with Gasteiger partial charge in [0, 0.05) is 18.7 Å². The number of hydrogen-bond donors (Lipinski definition) is 1. The fourth-order valence-corrected chi connectivity index (χ4v) is 3.83. The van der Waals surface area contributed by atoms with Crippen molar-refractivity contribution in [1.29, 1.82) is 0 Å². The van der Waals surface area contributed by atoms with Crippen LogP contribution in [-0.4, -0.2) is 67.0 Å². The molecule has 0 aromatic heterocycles. The average Bonchev–Trinajstić information content (AvgIpc) is 3.06. The molecule has 7 heteroatoms. The summed E-state index contributed by atoms with van der Waals surface area (Å²) in [5.41, 5.74) is 1.24. The van der Waals surface area contributed by atoms with Gasteiger partial charge in [0.05, 0.1) is 24.8 Å². The summed E-state index contributed by atoms with van der Waals surface area (Å²) in [5.74, 6) is 0.125. The molecule has 182 valence electrons. The summed E-state index contributed by atoms with van der Waals surface area (Å²) >= 11 is 0. The van der Waals surface area contributed by atoms with E-state index in [0.29, 0.717) is 49.3 Å². The highest BCUT2D eigenvalue weighted by molar-refractivity contribution is 6.46. The fraction of sp³-hybridized carbons (Fsp3) is 0.407. The average molecular weight is 467 g/mol. The van der Waals surface area contributed by atoms with Crippen LogP contribution in [-0.2, 0) is 9.59 Å². The van der Waals surface area contributed by atoms with E-state index >= 15 is 0 Å². The molecule has 0 saturated carbocycles. The highest BCUT2D eigenvalue weighted by Gasteiger charge is 2.45. The number of carbonyl (C=O) groups excluding carboxylic acids is 2. The lowest BCUT2D eigenvalue weighted by Gasteiger charge is -2.26. The molecule has 1 aliphatic heterocycles. The zero-order chi connectivity index (χ0) is 24.8. The normalized spacial score (nSPS) is 17.6. The number of benzene rings is 2. The molecule has 1 aliphatic rings. The van der Waals surface area contributed by atoms with Gasteiger partial charge in [-0.1, -0.05) is 38.1 Å². The van der Waals surface area contributed by atoms with Gasteiger partial charge in [-0.15, -0.1) is 0 Å². The predicted octanol–water partition coefficient (Wildman–Crippen LogP) is 4.10. The summed E-state index contributed by atoms with van der Waals surface area (Å²) in [6.07, 6.45) is 0. The van der Waals surface area contributed by atoms with E-state index < -0.39 is 17.7 Å². The van der Waals surface area contributed by atoms with Crippen LogP contribution in [0.3, 0.4) is 0 Å². The first kappa shape index (κ1) is 25.3. The molecular weight excluding hydrogens is 432 g/mol. The minimum absolute atomic E-state index is 0.0777. The van der Waals surface area contributed by atoms with Crippen molar-refractivity contribution in [2.45, 2.75) is 26.8 Å². The largest absolute Gasteiger partial charge is 0.507 e. The Morgan fingerprint density at radius 2 is 1.76 bits per heavy atom. The van der Waals surface area contributed by atoms with Gasteiger partial charge in [0.15, 0.2) is 0 Å². The van der Waals surface area contributed by atoms with Crippen LogP contribution in [0.4, 0.5) is 0 Å². The highest BCUT2D eigenvalue weighted by Crippen LogP contribution is 2.40. The lowest BCUT2D eigenvalue weighted by molar-refractivity contribution is -0.140. The minimum atomic E-state index is -0.698. The Balaban J connectivity index is 2.06. The maximum atomic E-state index is 13.1. The molecule has 1 unspecified atom stereocenters. The number of amides is 1. The molecule has 2 aromatic carbocycles. The lowest BCUT2D eigenvalue weighted by Crippen LogP contribution is -2.35. The maximum absolute atomic E-state index is 13.1. The first-order chi connectivity index (χ1) is 16.2. The SMILES string of the molecule is CCOc1ccc(C2/C(=C(/O)c3cccc(OCC(C)C)c3)C(=O)C(=O)N2CCN(C)C)cc1. The van der Waals surface area contributed by atoms with Crippen molar-refractivity contribution in [1.82, 2.24) is 9.80 Å². The number of carbonyl (C=O) groups is 2. The van der Waals surface area contributed by atoms with E-state index in [1.54, 1.807) is 24.3 Å². The number of ketones is 1. The van der Waals surface area contributed by atoms with Gasteiger partial charge in [0.1, 0.15) is 17.3 Å². The number of rotatable bonds is 10. The molecule has 7 nitrogen and oxygen atoms in total. The first-order valence-electron chi connectivity index (χ1n) is 11.6. The third-order valence-electron chi connectivity index (χ3n) is 5.53. The Morgan fingerprint density at radius 3 is 2.38 bits per heavy atom. The number of hydrogen-bond acceptors (Lipinski definition) is 6. The summed E-state index contributed by atoms with van der Waals surface area (Å²) in [6.45, 7) is 8.01. The number of aliphatic hydroxyl groups is 1. The van der Waals surface area contributed by atoms with Gasteiger partial charge in [-0.2, -0.15) is 0 Å². The van der Waals surface area contributed by atoms with Gasteiger partial charge in [-0.25, -0.2) is 0 Å². The van der Waals surface area contributed by atoms with E-state index in [-0.39, 0.29) is 11.3 Å². The van der Waals surface area contributed by atoms with Crippen molar-refractivity contribution >= 4 is 17.4 Å². The second-order valence-corrected chi connectivity index (χ2v) is 9.03. The van der Waals surface area contributed by atoms with Gasteiger partial charge in [0.25, 0.3) is 11.7 Å². The third kappa shape index (κ3) is 5.78. The summed E-state index contributed by atoms with van der Waals surface area (Å²) in [6, 6.07) is 13.6. The van der Waals surface area contributed by atoms with Crippen molar-refractivity contribution in [3.63, 3.8) is 0 Å². The Morgan fingerprint density at radius 1 is 1.06 bits per heavy atom. The number of likely N-dealkylation sites (N-methyl/N-ethyl adjacent to an activating group) is 1. The Kier molecular flexibility index (Phi) is 8.34. The van der Waals surface area contributed by atoms with E-state index in [2.05, 4.69) is 13.8 Å². The van der Waals surface area contributed by atoms with Gasteiger partial charge in [0.2, 0.25) is 0 Å². The molecule has 1 N–H and O–H groups in total. The predicted molar refractivity (Wildman–Crippen MR) is 132 cm³/mol. The van der Waals surface area contributed by atoms with Crippen LogP contribution < -0.4 is 9.47 Å². The van der Waals surface area contributed by atoms with Crippen LogP contribution in [0.15, 0.2) is 54.1 Å². The third-order valence-corrected chi connectivity index (χ3v) is 5.53. The van der Waals surface area contributed by atoms with Crippen molar-refractivity contribution in [3.8, 4) is 11.5 Å². The Labute approximate surface area is 201 Å². The summed E-state index contributed by atoms with van der Waals surface area (Å²) in [7, 11) is 3.82. The van der Waals surface area contributed by atoms with Gasteiger partial charge < -0.3 is 24.4 Å². The standard InChI is InChI=1S/C27H34N2O5/c1-6-33-21-12-10-19(11-13-21)24-23(26(31)27(32)29(24)15-14-28(4)5)25(30)20-8-7-9-22(16-20)34-17-18(2)3/h7-13,16,18,24,30H,6,14-15,17H2,1-5H3/b25-23-. The van der Waals surface area contributed by atoms with E-state index in [1.165, 1.54) is 4.90 Å². The van der Waals surface area contributed by atoms with Crippen LogP contribution in [0.1, 0.15) is 37.9 Å². The molecule has 1 fully saturated rings. The molecule has 34 heavy (non-hydrogen) atoms. The van der Waals surface area contributed by atoms with Crippen LogP contribution in [0.25, 0.3) is 5.76 Å². The van der Waals surface area contributed by atoms with E-state index in [9.17, 15) is 14.7 Å². The number of aliphatic hydroxyl groups excluding tert-OH is 1. The molecule has 0 spiro atoms. The van der Waals surface area contributed by atoms with E-state index in [0.717, 1.165) is 5.56 Å². The molecule has 0 bridgehead atoms. The number of Topliss-reactive ketones (excluding diaryl/α,β-unsaturated/α-hetero) is 1. The van der Waals surface area contributed by atoms with Crippen molar-refractivity contribution in [2.24, 2.45) is 5.92 Å². The Hall–Kier alpha value is -3.32. The smallest absolute Gasteiger partial charge is 0.295 e. The molecule has 0 radical (unpaired) electrons. The fourth-order valence-electron chi connectivity index (χ4n) is 3.83. The van der Waals surface area contributed by atoms with Crippen LogP contribution in [0, 0.1) is 5.92 Å². The monoisotopic (exact) mass is 466 g/mol. The molecule has 1 amide bonds. The zero-order valence-electron chi connectivity index (χ0n) is 20.6. The minimum Gasteiger partial charge on any atom is -0.507 e. The van der Waals surface area contributed by atoms with Crippen LogP contribution in [0.2, 0.25) is 0 Å². The van der Waals surface area contributed by atoms with Crippen LogP contribution >= 0.6 is 0 Å². The quantitative estimate of drug-likeness (QED) is 0.323. The van der Waals surface area contributed by atoms with E-state index in [1.807, 2.05) is 50.2 Å².